The molecule has 2 aliphatic rings. The summed E-state index contributed by atoms with van der Waals surface area (Å²) in [6.45, 7) is 17.6. The van der Waals surface area contributed by atoms with Crippen molar-refractivity contribution in [2.24, 2.45) is 5.92 Å². The largest absolute Gasteiger partial charge is 0.477 e. The Morgan fingerprint density at radius 1 is 1.00 bits per heavy atom. The van der Waals surface area contributed by atoms with E-state index in [9.17, 15) is 14.7 Å². The van der Waals surface area contributed by atoms with E-state index in [1.807, 2.05) is 73.1 Å². The minimum Gasteiger partial charge on any atom is -0.477 e. The number of hydrogen-bond acceptors (Lipinski definition) is 8. The zero-order valence-corrected chi connectivity index (χ0v) is 27.1. The van der Waals surface area contributed by atoms with Crippen LogP contribution in [0.1, 0.15) is 106 Å². The highest BCUT2D eigenvalue weighted by Crippen LogP contribution is 2.39. The van der Waals surface area contributed by atoms with Gasteiger partial charge in [-0.05, 0) is 106 Å². The summed E-state index contributed by atoms with van der Waals surface area (Å²) in [4.78, 5) is 31.8. The molecule has 2 aromatic heterocycles. The highest BCUT2D eigenvalue weighted by molar-refractivity contribution is 5.95. The smallest absolute Gasteiger partial charge is 0.420 e. The zero-order chi connectivity index (χ0) is 31.7. The lowest BCUT2D eigenvalue weighted by atomic mass is 9.81. The van der Waals surface area contributed by atoms with Crippen LogP contribution in [0.4, 0.5) is 21.1 Å². The number of pyridine rings is 1. The molecule has 4 rings (SSSR count). The van der Waals surface area contributed by atoms with Gasteiger partial charge in [-0.25, -0.2) is 24.2 Å². The molecule has 11 heteroatoms. The SMILES string of the molecule is CC(C)(C)OC(=O)NC1CC(COc2cc(N(C(=O)OC(C)(C)C)c3cc([C@H]4CC[C@@H](O)C4)nn3C(C)(C)C)ccn2)C1. The van der Waals surface area contributed by atoms with E-state index in [0.29, 0.717) is 30.4 Å². The van der Waals surface area contributed by atoms with Crippen molar-refractivity contribution >= 4 is 23.7 Å². The van der Waals surface area contributed by atoms with Crippen LogP contribution < -0.4 is 15.0 Å². The molecule has 11 nitrogen and oxygen atoms in total. The Hall–Kier alpha value is -3.34. The highest BCUT2D eigenvalue weighted by atomic mass is 16.6. The van der Waals surface area contributed by atoms with Gasteiger partial charge in [-0.2, -0.15) is 5.10 Å². The number of rotatable bonds is 7. The van der Waals surface area contributed by atoms with Crippen LogP contribution in [0.3, 0.4) is 0 Å². The number of nitrogens with zero attached hydrogens (tertiary/aromatic N) is 4. The lowest BCUT2D eigenvalue weighted by molar-refractivity contribution is 0.0426. The number of aromatic nitrogens is 3. The van der Waals surface area contributed by atoms with E-state index in [4.69, 9.17) is 19.3 Å². The summed E-state index contributed by atoms with van der Waals surface area (Å²) in [6, 6.07) is 5.47. The highest BCUT2D eigenvalue weighted by Gasteiger charge is 2.35. The molecule has 2 heterocycles. The number of nitrogens with one attached hydrogen (secondary N) is 1. The maximum Gasteiger partial charge on any atom is 0.420 e. The molecule has 2 aliphatic carbocycles. The van der Waals surface area contributed by atoms with Gasteiger partial charge in [-0.3, -0.25) is 0 Å². The summed E-state index contributed by atoms with van der Waals surface area (Å²) in [7, 11) is 0. The minimum absolute atomic E-state index is 0.0539. The first-order chi connectivity index (χ1) is 19.9. The van der Waals surface area contributed by atoms with Gasteiger partial charge < -0.3 is 24.6 Å². The van der Waals surface area contributed by atoms with Crippen molar-refractivity contribution in [1.82, 2.24) is 20.1 Å². The number of aliphatic hydroxyl groups is 1. The molecule has 238 valence electrons. The third-order valence-electron chi connectivity index (χ3n) is 7.37. The van der Waals surface area contributed by atoms with Gasteiger partial charge in [0.1, 0.15) is 17.0 Å². The molecule has 2 N–H and O–H groups in total. The fourth-order valence-corrected chi connectivity index (χ4v) is 5.39. The number of hydrogen-bond donors (Lipinski definition) is 2. The molecule has 2 amide bonds. The van der Waals surface area contributed by atoms with Gasteiger partial charge in [0.2, 0.25) is 5.88 Å². The number of alkyl carbamates (subject to hydrolysis) is 1. The monoisotopic (exact) mass is 599 g/mol. The van der Waals surface area contributed by atoms with E-state index in [1.165, 1.54) is 4.90 Å². The lowest BCUT2D eigenvalue weighted by Gasteiger charge is -2.35. The van der Waals surface area contributed by atoms with Crippen LogP contribution in [0.15, 0.2) is 24.4 Å². The second-order valence-corrected chi connectivity index (χ2v) is 14.8. The van der Waals surface area contributed by atoms with Crippen LogP contribution in [0.2, 0.25) is 0 Å². The molecule has 0 aromatic carbocycles. The van der Waals surface area contributed by atoms with E-state index < -0.39 is 28.9 Å². The topological polar surface area (TPSA) is 128 Å². The third kappa shape index (κ3) is 8.84. The molecule has 0 bridgehead atoms. The average Bonchev–Trinajstić information content (AvgIpc) is 3.45. The predicted molar refractivity (Wildman–Crippen MR) is 164 cm³/mol. The van der Waals surface area contributed by atoms with Gasteiger partial charge in [0.25, 0.3) is 0 Å². The fourth-order valence-electron chi connectivity index (χ4n) is 5.39. The first kappa shape index (κ1) is 32.6. The summed E-state index contributed by atoms with van der Waals surface area (Å²) in [6.07, 6.45) is 4.13. The fraction of sp³-hybridized carbons (Fsp3) is 0.688. The Bertz CT molecular complexity index is 1280. The molecule has 2 saturated carbocycles. The lowest BCUT2D eigenvalue weighted by Crippen LogP contribution is -2.47. The van der Waals surface area contributed by atoms with Crippen molar-refractivity contribution < 1.29 is 28.9 Å². The van der Waals surface area contributed by atoms with Crippen molar-refractivity contribution in [2.75, 3.05) is 11.5 Å². The van der Waals surface area contributed by atoms with Crippen LogP contribution in [0.5, 0.6) is 5.88 Å². The molecular weight excluding hydrogens is 550 g/mol. The molecule has 2 fully saturated rings. The minimum atomic E-state index is -0.721. The summed E-state index contributed by atoms with van der Waals surface area (Å²) in [5.41, 5.74) is -0.307. The number of carbonyl (C=O) groups excluding carboxylic acids is 2. The molecule has 0 unspecified atom stereocenters. The Balaban J connectivity index is 1.53. The second kappa shape index (κ2) is 12.3. The number of aliphatic hydroxyl groups excluding tert-OH is 1. The van der Waals surface area contributed by atoms with Gasteiger partial charge in [0.05, 0.1) is 29.6 Å². The predicted octanol–water partition coefficient (Wildman–Crippen LogP) is 6.42. The summed E-state index contributed by atoms with van der Waals surface area (Å²) in [5, 5.41) is 18.0. The van der Waals surface area contributed by atoms with E-state index >= 15 is 0 Å². The second-order valence-electron chi connectivity index (χ2n) is 14.8. The average molecular weight is 600 g/mol. The molecular formula is C32H49N5O6. The van der Waals surface area contributed by atoms with E-state index in [1.54, 1.807) is 18.3 Å². The van der Waals surface area contributed by atoms with E-state index in [2.05, 4.69) is 10.3 Å². The van der Waals surface area contributed by atoms with Gasteiger partial charge in [0, 0.05) is 30.3 Å². The van der Waals surface area contributed by atoms with Crippen molar-refractivity contribution in [3.63, 3.8) is 0 Å². The maximum absolute atomic E-state index is 13.8. The summed E-state index contributed by atoms with van der Waals surface area (Å²) >= 11 is 0. The van der Waals surface area contributed by atoms with Crippen molar-refractivity contribution in [3.8, 4) is 5.88 Å². The van der Waals surface area contributed by atoms with Crippen molar-refractivity contribution in [3.05, 3.63) is 30.1 Å². The van der Waals surface area contributed by atoms with Crippen molar-refractivity contribution in [2.45, 2.75) is 129 Å². The first-order valence-corrected chi connectivity index (χ1v) is 15.3. The standard InChI is InChI=1S/C32H49N5O6/c1-30(2,3)37-27(18-25(35-37)21-10-11-24(38)16-21)36(29(40)43-32(7,8)9)23-12-13-33-26(17-23)41-19-20-14-22(15-20)34-28(39)42-31(4,5)6/h12-13,17-18,20-22,24,38H,10-11,14-16,19H2,1-9H3,(H,34,39)/t20?,21-,22?,24+/m0/s1. The summed E-state index contributed by atoms with van der Waals surface area (Å²) in [5.74, 6) is 1.34. The summed E-state index contributed by atoms with van der Waals surface area (Å²) < 4.78 is 19.1. The van der Waals surface area contributed by atoms with Crippen molar-refractivity contribution in [1.29, 1.82) is 0 Å². The van der Waals surface area contributed by atoms with Gasteiger partial charge in [-0.1, -0.05) is 0 Å². The van der Waals surface area contributed by atoms with E-state index in [0.717, 1.165) is 31.4 Å². The van der Waals surface area contributed by atoms with Crippen LogP contribution >= 0.6 is 0 Å². The number of ether oxygens (including phenoxy) is 3. The Labute approximate surface area is 255 Å². The molecule has 2 aromatic rings. The van der Waals surface area contributed by atoms with Gasteiger partial charge in [-0.15, -0.1) is 0 Å². The molecule has 0 spiro atoms. The normalized spacial score (nSPS) is 22.5. The Kier molecular flexibility index (Phi) is 9.35. The molecule has 0 saturated heterocycles. The van der Waals surface area contributed by atoms with Crippen LogP contribution in [0.25, 0.3) is 0 Å². The van der Waals surface area contributed by atoms with Gasteiger partial charge in [0.15, 0.2) is 0 Å². The third-order valence-corrected chi connectivity index (χ3v) is 7.37. The number of amides is 2. The maximum atomic E-state index is 13.8. The zero-order valence-electron chi connectivity index (χ0n) is 27.1. The molecule has 0 aliphatic heterocycles. The van der Waals surface area contributed by atoms with E-state index in [-0.39, 0.29) is 24.0 Å². The molecule has 43 heavy (non-hydrogen) atoms. The van der Waals surface area contributed by atoms with Gasteiger partial charge >= 0.3 is 12.2 Å². The first-order valence-electron chi connectivity index (χ1n) is 15.3. The Morgan fingerprint density at radius 3 is 2.26 bits per heavy atom. The molecule has 2 atom stereocenters. The van der Waals surface area contributed by atoms with Crippen LogP contribution in [-0.4, -0.2) is 62.0 Å². The number of anilines is 2. The quantitative estimate of drug-likeness (QED) is 0.373. The van der Waals surface area contributed by atoms with Crippen LogP contribution in [0, 0.1) is 5.92 Å². The van der Waals surface area contributed by atoms with Crippen LogP contribution in [-0.2, 0) is 15.0 Å². The number of carbonyl (C=O) groups is 2. The Morgan fingerprint density at radius 2 is 1.67 bits per heavy atom. The molecule has 0 radical (unpaired) electrons.